The lowest BCUT2D eigenvalue weighted by atomic mass is 10.2. The highest BCUT2D eigenvalue weighted by atomic mass is 19.1. The molecule has 1 aliphatic rings. The molecule has 1 amide bonds. The molecule has 4 aromatic rings. The molecule has 0 aliphatic carbocycles. The summed E-state index contributed by atoms with van der Waals surface area (Å²) in [6.07, 6.45) is 4.78. The summed E-state index contributed by atoms with van der Waals surface area (Å²) in [6.45, 7) is 0.193. The zero-order chi connectivity index (χ0) is 21.2. The van der Waals surface area contributed by atoms with Crippen molar-refractivity contribution in [3.63, 3.8) is 0 Å². The number of benzene rings is 2. The Kier molecular flexibility index (Phi) is 4.75. The Bertz CT molecular complexity index is 1260. The number of halogens is 1. The maximum absolute atomic E-state index is 13.8. The average molecular weight is 417 g/mol. The van der Waals surface area contributed by atoms with Crippen molar-refractivity contribution in [2.24, 2.45) is 0 Å². The van der Waals surface area contributed by atoms with E-state index in [0.29, 0.717) is 11.6 Å². The molecule has 0 saturated carbocycles. The third-order valence-corrected chi connectivity index (χ3v) is 4.74. The molecule has 154 valence electrons. The van der Waals surface area contributed by atoms with Gasteiger partial charge in [-0.05, 0) is 24.3 Å². The van der Waals surface area contributed by atoms with Gasteiger partial charge >= 0.3 is 0 Å². The van der Waals surface area contributed by atoms with E-state index in [4.69, 9.17) is 9.47 Å². The minimum absolute atomic E-state index is 0.0220. The fraction of sp³-hybridized carbons (Fsp3) is 0.0909. The van der Waals surface area contributed by atoms with Crippen molar-refractivity contribution in [1.29, 1.82) is 0 Å². The van der Waals surface area contributed by atoms with E-state index >= 15 is 0 Å². The third kappa shape index (κ3) is 3.68. The van der Waals surface area contributed by atoms with Crippen LogP contribution in [0.4, 0.5) is 4.39 Å². The standard InChI is InChI=1S/C22H16FN5O3/c23-15-5-1-3-7-19(15)31-14-11-16(27-25-12-14)22(29)26-17-13-30-20-8-4-2-6-18(20)28-10-9-24-21(17)28/h1-12,17H,13H2,(H,26,29)/t17-/m0/s1. The largest absolute Gasteiger partial charge is 0.489 e. The fourth-order valence-electron chi connectivity index (χ4n) is 3.31. The summed E-state index contributed by atoms with van der Waals surface area (Å²) in [6, 6.07) is 14.4. The molecule has 0 spiro atoms. The summed E-state index contributed by atoms with van der Waals surface area (Å²) >= 11 is 0. The molecule has 9 heteroatoms. The number of nitrogens with zero attached hydrogens (tertiary/aromatic N) is 4. The van der Waals surface area contributed by atoms with E-state index < -0.39 is 17.8 Å². The van der Waals surface area contributed by atoms with Gasteiger partial charge < -0.3 is 14.8 Å². The molecular formula is C22H16FN5O3. The van der Waals surface area contributed by atoms with Crippen LogP contribution in [0.15, 0.2) is 73.2 Å². The first-order valence-electron chi connectivity index (χ1n) is 9.50. The second-order valence-corrected chi connectivity index (χ2v) is 6.77. The summed E-state index contributed by atoms with van der Waals surface area (Å²) < 4.78 is 27.1. The van der Waals surface area contributed by atoms with Crippen LogP contribution in [0.2, 0.25) is 0 Å². The van der Waals surface area contributed by atoms with Crippen LogP contribution in [-0.4, -0.2) is 32.3 Å². The second kappa shape index (κ2) is 7.86. The SMILES string of the molecule is O=C(N[C@H]1COc2ccccc2-n2ccnc21)c1cc(Oc2ccccc2F)cnn1. The fourth-order valence-corrected chi connectivity index (χ4v) is 3.31. The number of imidazole rings is 1. The van der Waals surface area contributed by atoms with Crippen molar-refractivity contribution in [2.45, 2.75) is 6.04 Å². The van der Waals surface area contributed by atoms with Gasteiger partial charge in [-0.2, -0.15) is 5.10 Å². The van der Waals surface area contributed by atoms with Crippen molar-refractivity contribution in [3.8, 4) is 22.9 Å². The number of nitrogens with one attached hydrogen (secondary N) is 1. The van der Waals surface area contributed by atoms with Crippen molar-refractivity contribution < 1.29 is 18.7 Å². The van der Waals surface area contributed by atoms with E-state index in [1.807, 2.05) is 35.0 Å². The highest BCUT2D eigenvalue weighted by Crippen LogP contribution is 2.30. The lowest BCUT2D eigenvalue weighted by Gasteiger charge is -2.16. The Hall–Kier alpha value is -4.27. The van der Waals surface area contributed by atoms with E-state index in [1.54, 1.807) is 18.3 Å². The summed E-state index contributed by atoms with van der Waals surface area (Å²) in [7, 11) is 0. The molecule has 0 fully saturated rings. The zero-order valence-electron chi connectivity index (χ0n) is 16.1. The molecule has 5 rings (SSSR count). The number of hydrogen-bond donors (Lipinski definition) is 1. The van der Waals surface area contributed by atoms with Crippen LogP contribution in [0, 0.1) is 5.82 Å². The second-order valence-electron chi connectivity index (χ2n) is 6.77. The van der Waals surface area contributed by atoms with Crippen molar-refractivity contribution in [1.82, 2.24) is 25.1 Å². The lowest BCUT2D eigenvalue weighted by Crippen LogP contribution is -2.33. The van der Waals surface area contributed by atoms with Crippen LogP contribution in [0.5, 0.6) is 17.2 Å². The molecule has 0 bridgehead atoms. The van der Waals surface area contributed by atoms with E-state index in [1.165, 1.54) is 24.4 Å². The molecule has 3 heterocycles. The summed E-state index contributed by atoms with van der Waals surface area (Å²) in [5.41, 5.74) is 0.862. The van der Waals surface area contributed by atoms with Gasteiger partial charge in [0.2, 0.25) is 0 Å². The number of carbonyl (C=O) groups excluding carboxylic acids is 1. The number of ether oxygens (including phenoxy) is 2. The molecule has 8 nitrogen and oxygen atoms in total. The van der Waals surface area contributed by atoms with Crippen LogP contribution in [-0.2, 0) is 0 Å². The molecule has 0 radical (unpaired) electrons. The topological polar surface area (TPSA) is 91.2 Å². The van der Waals surface area contributed by atoms with Crippen molar-refractivity contribution in [3.05, 3.63) is 90.5 Å². The van der Waals surface area contributed by atoms with Crippen LogP contribution in [0.1, 0.15) is 22.4 Å². The molecule has 0 saturated heterocycles. The van der Waals surface area contributed by atoms with Gasteiger partial charge in [-0.3, -0.25) is 9.36 Å². The van der Waals surface area contributed by atoms with Gasteiger partial charge in [0.25, 0.3) is 5.91 Å². The molecule has 1 atom stereocenters. The molecular weight excluding hydrogens is 401 g/mol. The van der Waals surface area contributed by atoms with E-state index in [9.17, 15) is 9.18 Å². The van der Waals surface area contributed by atoms with Gasteiger partial charge in [0.05, 0.1) is 11.9 Å². The maximum Gasteiger partial charge on any atom is 0.272 e. The van der Waals surface area contributed by atoms with Gasteiger partial charge in [0.1, 0.15) is 30.0 Å². The van der Waals surface area contributed by atoms with Gasteiger partial charge in [-0.1, -0.05) is 24.3 Å². The van der Waals surface area contributed by atoms with Crippen molar-refractivity contribution >= 4 is 5.91 Å². The minimum Gasteiger partial charge on any atom is -0.489 e. The molecule has 1 aliphatic heterocycles. The summed E-state index contributed by atoms with van der Waals surface area (Å²) in [5.74, 6) is 0.534. The first kappa shape index (κ1) is 18.7. The Balaban J connectivity index is 1.37. The van der Waals surface area contributed by atoms with Crippen LogP contribution >= 0.6 is 0 Å². The predicted octanol–water partition coefficient (Wildman–Crippen LogP) is 3.46. The first-order valence-corrected chi connectivity index (χ1v) is 9.50. The zero-order valence-corrected chi connectivity index (χ0v) is 16.1. The van der Waals surface area contributed by atoms with Gasteiger partial charge in [-0.15, -0.1) is 5.10 Å². The molecule has 1 N–H and O–H groups in total. The number of hydrogen-bond acceptors (Lipinski definition) is 6. The molecule has 0 unspecified atom stereocenters. The number of rotatable bonds is 4. The average Bonchev–Trinajstić information content (AvgIpc) is 3.23. The number of carbonyl (C=O) groups is 1. The van der Waals surface area contributed by atoms with E-state index in [-0.39, 0.29) is 23.8 Å². The molecule has 2 aromatic heterocycles. The van der Waals surface area contributed by atoms with Gasteiger partial charge in [-0.25, -0.2) is 9.37 Å². The maximum atomic E-state index is 13.8. The van der Waals surface area contributed by atoms with Crippen LogP contribution in [0.3, 0.4) is 0 Å². The number of fused-ring (bicyclic) bond motifs is 3. The van der Waals surface area contributed by atoms with Crippen molar-refractivity contribution in [2.75, 3.05) is 6.61 Å². The number of aromatic nitrogens is 4. The lowest BCUT2D eigenvalue weighted by molar-refractivity contribution is 0.0913. The van der Waals surface area contributed by atoms with Crippen LogP contribution < -0.4 is 14.8 Å². The molecule has 31 heavy (non-hydrogen) atoms. The van der Waals surface area contributed by atoms with E-state index in [0.717, 1.165) is 5.69 Å². The van der Waals surface area contributed by atoms with Gasteiger partial charge in [0, 0.05) is 18.5 Å². The third-order valence-electron chi connectivity index (χ3n) is 4.74. The quantitative estimate of drug-likeness (QED) is 0.547. The highest BCUT2D eigenvalue weighted by Gasteiger charge is 2.26. The predicted molar refractivity (Wildman–Crippen MR) is 108 cm³/mol. The highest BCUT2D eigenvalue weighted by molar-refractivity contribution is 5.92. The van der Waals surface area contributed by atoms with Crippen LogP contribution in [0.25, 0.3) is 5.69 Å². The Morgan fingerprint density at radius 3 is 2.94 bits per heavy atom. The Morgan fingerprint density at radius 1 is 1.19 bits per heavy atom. The van der Waals surface area contributed by atoms with Gasteiger partial charge in [0.15, 0.2) is 17.3 Å². The first-order chi connectivity index (χ1) is 15.2. The smallest absolute Gasteiger partial charge is 0.272 e. The monoisotopic (exact) mass is 417 g/mol. The molecule has 2 aromatic carbocycles. The Labute approximate surface area is 176 Å². The Morgan fingerprint density at radius 2 is 2.03 bits per heavy atom. The van der Waals surface area contributed by atoms with E-state index in [2.05, 4.69) is 20.5 Å². The summed E-state index contributed by atoms with van der Waals surface area (Å²) in [5, 5.41) is 10.5. The minimum atomic E-state index is -0.521. The normalized spacial score (nSPS) is 14.5. The number of para-hydroxylation sites is 3. The number of amides is 1. The summed E-state index contributed by atoms with van der Waals surface area (Å²) in [4.78, 5) is 17.3.